The number of nitrogens with zero attached hydrogens (tertiary/aromatic N) is 1. The van der Waals surface area contributed by atoms with Crippen molar-refractivity contribution in [3.63, 3.8) is 0 Å². The summed E-state index contributed by atoms with van der Waals surface area (Å²) < 4.78 is 5.45. The van der Waals surface area contributed by atoms with E-state index in [1.165, 1.54) is 0 Å². The molecule has 0 bridgehead atoms. The maximum Gasteiger partial charge on any atom is 0.410 e. The van der Waals surface area contributed by atoms with Gasteiger partial charge in [0.05, 0.1) is 6.54 Å². The highest BCUT2D eigenvalue weighted by Gasteiger charge is 2.28. The lowest BCUT2D eigenvalue weighted by molar-refractivity contribution is -0.120. The minimum atomic E-state index is -0.453. The second-order valence-corrected chi connectivity index (χ2v) is 7.41. The van der Waals surface area contributed by atoms with Crippen LogP contribution in [0.15, 0.2) is 0 Å². The topological polar surface area (TPSA) is 70.7 Å². The zero-order valence-corrected chi connectivity index (χ0v) is 15.3. The number of nitrogens with one attached hydrogen (secondary N) is 2. The van der Waals surface area contributed by atoms with E-state index in [9.17, 15) is 9.59 Å². The van der Waals surface area contributed by atoms with Gasteiger partial charge in [0.25, 0.3) is 0 Å². The van der Waals surface area contributed by atoms with Crippen LogP contribution >= 0.6 is 0 Å². The molecule has 0 spiro atoms. The number of carbonyl (C=O) groups excluding carboxylic acids is 2. The van der Waals surface area contributed by atoms with Gasteiger partial charge in [-0.25, -0.2) is 4.79 Å². The van der Waals surface area contributed by atoms with Crippen LogP contribution in [-0.2, 0) is 9.53 Å². The summed E-state index contributed by atoms with van der Waals surface area (Å²) in [6.45, 7) is 12.2. The van der Waals surface area contributed by atoms with Gasteiger partial charge >= 0.3 is 6.09 Å². The van der Waals surface area contributed by atoms with Crippen LogP contribution in [0, 0.1) is 5.92 Å². The molecule has 1 saturated heterocycles. The van der Waals surface area contributed by atoms with E-state index in [4.69, 9.17) is 4.74 Å². The normalized spacial score (nSPS) is 20.0. The number of rotatable bonds is 6. The van der Waals surface area contributed by atoms with Crippen molar-refractivity contribution >= 4 is 12.0 Å². The van der Waals surface area contributed by atoms with Crippen LogP contribution < -0.4 is 10.6 Å². The van der Waals surface area contributed by atoms with Crippen LogP contribution in [0.4, 0.5) is 4.79 Å². The van der Waals surface area contributed by atoms with E-state index in [1.807, 2.05) is 32.6 Å². The van der Waals surface area contributed by atoms with Crippen molar-refractivity contribution in [1.29, 1.82) is 0 Å². The summed E-state index contributed by atoms with van der Waals surface area (Å²) in [5, 5.41) is 6.03. The van der Waals surface area contributed by atoms with Crippen LogP contribution in [0.1, 0.15) is 53.9 Å². The summed E-state index contributed by atoms with van der Waals surface area (Å²) in [6.07, 6.45) is 2.86. The van der Waals surface area contributed by atoms with Gasteiger partial charge in [0, 0.05) is 25.7 Å². The molecular weight excluding hydrogens is 294 g/mol. The van der Waals surface area contributed by atoms with Crippen LogP contribution in [0.25, 0.3) is 0 Å². The summed E-state index contributed by atoms with van der Waals surface area (Å²) in [5.41, 5.74) is -0.453. The van der Waals surface area contributed by atoms with E-state index >= 15 is 0 Å². The third-order valence-corrected chi connectivity index (χ3v) is 3.84. The number of hydrogen-bond donors (Lipinski definition) is 2. The lowest BCUT2D eigenvalue weighted by atomic mass is 9.92. The van der Waals surface area contributed by atoms with Crippen molar-refractivity contribution in [2.24, 2.45) is 5.92 Å². The Morgan fingerprint density at radius 2 is 2.04 bits per heavy atom. The van der Waals surface area contributed by atoms with E-state index in [2.05, 4.69) is 17.6 Å². The first-order valence-corrected chi connectivity index (χ1v) is 8.69. The van der Waals surface area contributed by atoms with Crippen molar-refractivity contribution in [2.75, 3.05) is 26.2 Å². The Bertz CT molecular complexity index is 393. The van der Waals surface area contributed by atoms with Gasteiger partial charge in [-0.05, 0) is 59.8 Å². The molecule has 2 unspecified atom stereocenters. The molecule has 2 N–H and O–H groups in total. The zero-order valence-electron chi connectivity index (χ0n) is 15.3. The molecule has 1 rings (SSSR count). The highest BCUT2D eigenvalue weighted by atomic mass is 16.6. The largest absolute Gasteiger partial charge is 0.444 e. The quantitative estimate of drug-likeness (QED) is 0.784. The standard InChI is InChI=1S/C17H33N3O3/c1-6-18-15(21)11-19-13(2)10-14-8-7-9-20(12-14)16(22)23-17(3,4)5/h13-14,19H,6-12H2,1-5H3,(H,18,21). The van der Waals surface area contributed by atoms with Crippen LogP contribution in [-0.4, -0.2) is 54.7 Å². The Hall–Kier alpha value is -1.30. The van der Waals surface area contributed by atoms with Crippen molar-refractivity contribution in [3.05, 3.63) is 0 Å². The minimum Gasteiger partial charge on any atom is -0.444 e. The van der Waals surface area contributed by atoms with E-state index in [-0.39, 0.29) is 18.0 Å². The van der Waals surface area contributed by atoms with Crippen molar-refractivity contribution < 1.29 is 14.3 Å². The molecule has 1 heterocycles. The average molecular weight is 327 g/mol. The lowest BCUT2D eigenvalue weighted by Gasteiger charge is -2.35. The summed E-state index contributed by atoms with van der Waals surface area (Å²) in [7, 11) is 0. The third-order valence-electron chi connectivity index (χ3n) is 3.84. The molecule has 6 heteroatoms. The molecule has 0 aromatic rings. The van der Waals surface area contributed by atoms with Gasteiger partial charge in [-0.1, -0.05) is 0 Å². The Labute approximate surface area is 140 Å². The molecule has 1 fully saturated rings. The molecule has 2 atom stereocenters. The SMILES string of the molecule is CCNC(=O)CNC(C)CC1CCCN(C(=O)OC(C)(C)C)C1. The number of likely N-dealkylation sites (tertiary alicyclic amines) is 1. The summed E-state index contributed by atoms with van der Waals surface area (Å²) in [5.74, 6) is 0.478. The maximum absolute atomic E-state index is 12.2. The molecule has 6 nitrogen and oxygen atoms in total. The number of carbonyl (C=O) groups is 2. The van der Waals surface area contributed by atoms with E-state index in [0.29, 0.717) is 19.0 Å². The molecule has 0 radical (unpaired) electrons. The second-order valence-electron chi connectivity index (χ2n) is 7.41. The monoisotopic (exact) mass is 327 g/mol. The van der Waals surface area contributed by atoms with Gasteiger partial charge in [-0.2, -0.15) is 0 Å². The molecule has 0 saturated carbocycles. The second kappa shape index (κ2) is 9.11. The van der Waals surface area contributed by atoms with Crippen LogP contribution in [0.3, 0.4) is 0 Å². The molecule has 23 heavy (non-hydrogen) atoms. The summed E-state index contributed by atoms with van der Waals surface area (Å²) in [6, 6.07) is 0.251. The molecule has 0 aromatic heterocycles. The van der Waals surface area contributed by atoms with Gasteiger partial charge in [0.15, 0.2) is 0 Å². The van der Waals surface area contributed by atoms with Gasteiger partial charge in [-0.3, -0.25) is 4.79 Å². The van der Waals surface area contributed by atoms with E-state index < -0.39 is 5.60 Å². The fraction of sp³-hybridized carbons (Fsp3) is 0.882. The van der Waals surface area contributed by atoms with Gasteiger partial charge < -0.3 is 20.3 Å². The highest BCUT2D eigenvalue weighted by molar-refractivity contribution is 5.77. The Balaban J connectivity index is 2.37. The van der Waals surface area contributed by atoms with Gasteiger partial charge in [0.2, 0.25) is 5.91 Å². The van der Waals surface area contributed by atoms with Crippen LogP contribution in [0.2, 0.25) is 0 Å². The van der Waals surface area contributed by atoms with Crippen LogP contribution in [0.5, 0.6) is 0 Å². The van der Waals surface area contributed by atoms with E-state index in [0.717, 1.165) is 32.4 Å². The molecule has 134 valence electrons. The first kappa shape index (κ1) is 19.7. The Kier molecular flexibility index (Phi) is 7.82. The lowest BCUT2D eigenvalue weighted by Crippen LogP contribution is -2.45. The van der Waals surface area contributed by atoms with E-state index in [1.54, 1.807) is 0 Å². The molecule has 0 aromatic carbocycles. The van der Waals surface area contributed by atoms with Crippen molar-refractivity contribution in [3.8, 4) is 0 Å². The first-order chi connectivity index (χ1) is 10.7. The molecule has 2 amide bonds. The summed E-state index contributed by atoms with van der Waals surface area (Å²) in [4.78, 5) is 25.5. The average Bonchev–Trinajstić information content (AvgIpc) is 2.44. The number of likely N-dealkylation sites (N-methyl/N-ethyl adjacent to an activating group) is 1. The fourth-order valence-electron chi connectivity index (χ4n) is 2.86. The van der Waals surface area contributed by atoms with Crippen molar-refractivity contribution in [1.82, 2.24) is 15.5 Å². The maximum atomic E-state index is 12.2. The first-order valence-electron chi connectivity index (χ1n) is 8.69. The Morgan fingerprint density at radius 3 is 2.65 bits per heavy atom. The van der Waals surface area contributed by atoms with Gasteiger partial charge in [-0.15, -0.1) is 0 Å². The molecule has 1 aliphatic rings. The number of hydrogen-bond acceptors (Lipinski definition) is 4. The summed E-state index contributed by atoms with van der Waals surface area (Å²) >= 11 is 0. The number of ether oxygens (including phenoxy) is 1. The molecule has 1 aliphatic heterocycles. The number of piperidine rings is 1. The highest BCUT2D eigenvalue weighted by Crippen LogP contribution is 2.22. The Morgan fingerprint density at radius 1 is 1.35 bits per heavy atom. The third kappa shape index (κ3) is 8.21. The molecular formula is C17H33N3O3. The smallest absolute Gasteiger partial charge is 0.410 e. The fourth-order valence-corrected chi connectivity index (χ4v) is 2.86. The predicted octanol–water partition coefficient (Wildman–Crippen LogP) is 2.14. The number of amides is 2. The van der Waals surface area contributed by atoms with Gasteiger partial charge in [0.1, 0.15) is 5.60 Å². The minimum absolute atomic E-state index is 0.0263. The zero-order chi connectivity index (χ0) is 17.5. The van der Waals surface area contributed by atoms with Crippen molar-refractivity contribution in [2.45, 2.75) is 65.5 Å². The predicted molar refractivity (Wildman–Crippen MR) is 91.3 cm³/mol. The molecule has 0 aliphatic carbocycles.